The Morgan fingerprint density at radius 1 is 1.30 bits per heavy atom. The van der Waals surface area contributed by atoms with Gasteiger partial charge in [0.05, 0.1) is 12.0 Å². The van der Waals surface area contributed by atoms with E-state index in [1.807, 2.05) is 6.92 Å². The highest BCUT2D eigenvalue weighted by molar-refractivity contribution is 5.74. The Morgan fingerprint density at radius 2 is 1.91 bits per heavy atom. The van der Waals surface area contributed by atoms with Gasteiger partial charge in [0, 0.05) is 18.6 Å². The lowest BCUT2D eigenvalue weighted by Crippen LogP contribution is -2.56. The van der Waals surface area contributed by atoms with Crippen molar-refractivity contribution in [2.45, 2.75) is 50.9 Å². The van der Waals surface area contributed by atoms with Crippen molar-refractivity contribution in [3.05, 3.63) is 0 Å². The molecule has 0 atom stereocenters. The highest BCUT2D eigenvalue weighted by Crippen LogP contribution is 2.56. The monoisotopic (exact) mass is 337 g/mol. The number of aliphatic carboxylic acids is 1. The van der Waals surface area contributed by atoms with E-state index in [0.717, 1.165) is 0 Å². The maximum atomic E-state index is 12.7. The SMILES string of the molecule is CCN(CC(=O)O)C1CC(NC(=O)NCC2(C(F)(F)F)CC2)C1. The first-order valence-electron chi connectivity index (χ1n) is 7.74. The van der Waals surface area contributed by atoms with Gasteiger partial charge in [0.1, 0.15) is 0 Å². The molecule has 132 valence electrons. The number of urea groups is 1. The number of hydrogen-bond donors (Lipinski definition) is 3. The molecule has 0 aromatic rings. The van der Waals surface area contributed by atoms with E-state index in [0.29, 0.717) is 19.4 Å². The van der Waals surface area contributed by atoms with Crippen molar-refractivity contribution in [1.29, 1.82) is 0 Å². The first kappa shape index (κ1) is 17.8. The minimum atomic E-state index is -4.28. The zero-order chi connectivity index (χ0) is 17.3. The van der Waals surface area contributed by atoms with E-state index in [1.54, 1.807) is 4.90 Å². The predicted molar refractivity (Wildman–Crippen MR) is 75.9 cm³/mol. The Balaban J connectivity index is 1.67. The number of carbonyl (C=O) groups excluding carboxylic acids is 1. The highest BCUT2D eigenvalue weighted by atomic mass is 19.4. The van der Waals surface area contributed by atoms with Crippen molar-refractivity contribution in [2.24, 2.45) is 5.41 Å². The number of hydrogen-bond acceptors (Lipinski definition) is 3. The lowest BCUT2D eigenvalue weighted by atomic mass is 9.85. The van der Waals surface area contributed by atoms with E-state index < -0.39 is 30.1 Å². The summed E-state index contributed by atoms with van der Waals surface area (Å²) in [4.78, 5) is 24.2. The molecule has 0 radical (unpaired) electrons. The van der Waals surface area contributed by atoms with Crippen molar-refractivity contribution in [2.75, 3.05) is 19.6 Å². The van der Waals surface area contributed by atoms with Crippen LogP contribution in [0, 0.1) is 5.41 Å². The number of rotatable bonds is 7. The maximum Gasteiger partial charge on any atom is 0.396 e. The van der Waals surface area contributed by atoms with Crippen LogP contribution in [-0.2, 0) is 4.79 Å². The summed E-state index contributed by atoms with van der Waals surface area (Å²) < 4.78 is 38.2. The Kier molecular flexibility index (Phi) is 5.07. The third-order valence-electron chi connectivity index (χ3n) is 4.75. The topological polar surface area (TPSA) is 81.7 Å². The molecular formula is C14H22F3N3O3. The average molecular weight is 337 g/mol. The molecular weight excluding hydrogens is 315 g/mol. The fourth-order valence-corrected chi connectivity index (χ4v) is 2.87. The van der Waals surface area contributed by atoms with Gasteiger partial charge in [-0.2, -0.15) is 13.2 Å². The van der Waals surface area contributed by atoms with Gasteiger partial charge >= 0.3 is 18.2 Å². The number of halogens is 3. The smallest absolute Gasteiger partial charge is 0.396 e. The average Bonchev–Trinajstić information content (AvgIpc) is 3.18. The number of amides is 2. The van der Waals surface area contributed by atoms with Gasteiger partial charge < -0.3 is 15.7 Å². The predicted octanol–water partition coefficient (Wildman–Crippen LogP) is 1.57. The lowest BCUT2D eigenvalue weighted by molar-refractivity contribution is -0.184. The summed E-state index contributed by atoms with van der Waals surface area (Å²) in [5.41, 5.74) is -1.74. The van der Waals surface area contributed by atoms with Crippen LogP contribution >= 0.6 is 0 Å². The number of alkyl halides is 3. The van der Waals surface area contributed by atoms with Gasteiger partial charge in [-0.15, -0.1) is 0 Å². The number of carboxylic acids is 1. The minimum absolute atomic E-state index is 0.0474. The standard InChI is InChI=1S/C14H22F3N3O3/c1-2-20(7-11(21)22)10-5-9(6-10)19-12(23)18-8-13(3-4-13)14(15,16)17/h9-10H,2-8H2,1H3,(H,21,22)(H2,18,19,23). The minimum Gasteiger partial charge on any atom is -0.480 e. The maximum absolute atomic E-state index is 12.7. The van der Waals surface area contributed by atoms with Crippen LogP contribution in [0.1, 0.15) is 32.6 Å². The second kappa shape index (κ2) is 6.54. The van der Waals surface area contributed by atoms with E-state index in [4.69, 9.17) is 5.11 Å². The fourth-order valence-electron chi connectivity index (χ4n) is 2.87. The zero-order valence-corrected chi connectivity index (χ0v) is 12.9. The quantitative estimate of drug-likeness (QED) is 0.659. The number of likely N-dealkylation sites (N-methyl/N-ethyl adjacent to an activating group) is 1. The van der Waals surface area contributed by atoms with E-state index in [9.17, 15) is 22.8 Å². The molecule has 0 spiro atoms. The van der Waals surface area contributed by atoms with Crippen molar-refractivity contribution < 1.29 is 27.9 Å². The fraction of sp³-hybridized carbons (Fsp3) is 0.857. The molecule has 2 aliphatic carbocycles. The molecule has 0 aromatic carbocycles. The lowest BCUT2D eigenvalue weighted by Gasteiger charge is -2.42. The van der Waals surface area contributed by atoms with Crippen LogP contribution < -0.4 is 10.6 Å². The second-order valence-corrected chi connectivity index (χ2v) is 6.38. The molecule has 2 amide bonds. The third kappa shape index (κ3) is 4.27. The van der Waals surface area contributed by atoms with Gasteiger partial charge in [0.15, 0.2) is 0 Å². The van der Waals surface area contributed by atoms with E-state index in [1.165, 1.54) is 0 Å². The van der Waals surface area contributed by atoms with Gasteiger partial charge in [-0.05, 0) is 32.2 Å². The van der Waals surface area contributed by atoms with Crippen LogP contribution in [0.3, 0.4) is 0 Å². The van der Waals surface area contributed by atoms with Crippen LogP contribution in [0.2, 0.25) is 0 Å². The molecule has 0 bridgehead atoms. The molecule has 0 heterocycles. The Bertz CT molecular complexity index is 460. The zero-order valence-electron chi connectivity index (χ0n) is 12.9. The largest absolute Gasteiger partial charge is 0.480 e. The second-order valence-electron chi connectivity index (χ2n) is 6.38. The molecule has 2 fully saturated rings. The van der Waals surface area contributed by atoms with Gasteiger partial charge in [0.25, 0.3) is 0 Å². The molecule has 0 aromatic heterocycles. The van der Waals surface area contributed by atoms with Crippen LogP contribution in [0.25, 0.3) is 0 Å². The summed E-state index contributed by atoms with van der Waals surface area (Å²) in [5.74, 6) is -0.900. The molecule has 0 saturated heterocycles. The third-order valence-corrected chi connectivity index (χ3v) is 4.75. The van der Waals surface area contributed by atoms with Crippen molar-refractivity contribution in [3.8, 4) is 0 Å². The van der Waals surface area contributed by atoms with Crippen LogP contribution in [-0.4, -0.2) is 59.9 Å². The molecule has 9 heteroatoms. The highest BCUT2D eigenvalue weighted by Gasteiger charge is 2.63. The number of nitrogens with one attached hydrogen (secondary N) is 2. The number of nitrogens with zero attached hydrogens (tertiary/aromatic N) is 1. The Labute approximate surface area is 132 Å². The van der Waals surface area contributed by atoms with Crippen LogP contribution in [0.4, 0.5) is 18.0 Å². The molecule has 3 N–H and O–H groups in total. The van der Waals surface area contributed by atoms with Gasteiger partial charge in [-0.3, -0.25) is 9.69 Å². The van der Waals surface area contributed by atoms with Gasteiger partial charge in [-0.1, -0.05) is 6.92 Å². The normalized spacial score (nSPS) is 25.6. The summed E-state index contributed by atoms with van der Waals surface area (Å²) in [5, 5.41) is 13.7. The molecule has 2 aliphatic rings. The molecule has 0 aliphatic heterocycles. The summed E-state index contributed by atoms with van der Waals surface area (Å²) in [6.45, 7) is 2.03. The van der Waals surface area contributed by atoms with Gasteiger partial charge in [-0.25, -0.2) is 4.79 Å². The number of carboxylic acid groups (broad SMARTS) is 1. The van der Waals surface area contributed by atoms with E-state index >= 15 is 0 Å². The van der Waals surface area contributed by atoms with Crippen molar-refractivity contribution in [3.63, 3.8) is 0 Å². The first-order valence-corrected chi connectivity index (χ1v) is 7.74. The molecule has 2 saturated carbocycles. The Morgan fingerprint density at radius 3 is 2.35 bits per heavy atom. The van der Waals surface area contributed by atoms with Crippen LogP contribution in [0.15, 0.2) is 0 Å². The van der Waals surface area contributed by atoms with E-state index in [-0.39, 0.29) is 31.5 Å². The summed E-state index contributed by atoms with van der Waals surface area (Å²) in [6, 6.07) is -0.625. The summed E-state index contributed by atoms with van der Waals surface area (Å²) >= 11 is 0. The number of carbonyl (C=O) groups is 2. The summed E-state index contributed by atoms with van der Waals surface area (Å²) in [7, 11) is 0. The summed E-state index contributed by atoms with van der Waals surface area (Å²) in [6.07, 6.45) is -2.94. The van der Waals surface area contributed by atoms with Gasteiger partial charge in [0.2, 0.25) is 0 Å². The molecule has 23 heavy (non-hydrogen) atoms. The molecule has 0 unspecified atom stereocenters. The van der Waals surface area contributed by atoms with E-state index in [2.05, 4.69) is 10.6 Å². The Hall–Kier alpha value is -1.51. The first-order chi connectivity index (χ1) is 10.7. The van der Waals surface area contributed by atoms with Crippen molar-refractivity contribution >= 4 is 12.0 Å². The molecule has 2 rings (SSSR count). The van der Waals surface area contributed by atoms with Crippen LogP contribution in [0.5, 0.6) is 0 Å². The molecule has 6 nitrogen and oxygen atoms in total. The van der Waals surface area contributed by atoms with Crippen molar-refractivity contribution in [1.82, 2.24) is 15.5 Å².